The highest BCUT2D eigenvalue weighted by molar-refractivity contribution is 5.55. The van der Waals surface area contributed by atoms with Crippen LogP contribution >= 0.6 is 0 Å². The number of H-pyrrole nitrogens is 1. The molecule has 7 nitrogen and oxygen atoms in total. The Labute approximate surface area is 201 Å². The fourth-order valence-corrected chi connectivity index (χ4v) is 5.11. The Morgan fingerprint density at radius 2 is 1.76 bits per heavy atom. The lowest BCUT2D eigenvalue weighted by molar-refractivity contribution is 0.240. The molecule has 0 aliphatic carbocycles. The first-order chi connectivity index (χ1) is 16.3. The number of fused-ring (bicyclic) bond motifs is 1. The number of piperidine rings is 1. The molecule has 2 aromatic heterocycles. The number of aromatic amines is 1. The summed E-state index contributed by atoms with van der Waals surface area (Å²) >= 11 is 0. The molecule has 1 fully saturated rings. The van der Waals surface area contributed by atoms with E-state index in [0.717, 1.165) is 61.1 Å². The zero-order chi connectivity index (χ0) is 23.9. The van der Waals surface area contributed by atoms with Gasteiger partial charge >= 0.3 is 0 Å². The quantitative estimate of drug-likeness (QED) is 0.635. The maximum Gasteiger partial charge on any atom is 0.255 e. The van der Waals surface area contributed by atoms with Crippen molar-refractivity contribution in [2.75, 3.05) is 24.5 Å². The summed E-state index contributed by atoms with van der Waals surface area (Å²) in [5, 5.41) is 4.99. The third-order valence-corrected chi connectivity index (χ3v) is 7.05. The number of nitrogens with one attached hydrogen (secondary N) is 1. The number of hydrogen-bond donors (Lipinski definition) is 1. The van der Waals surface area contributed by atoms with Gasteiger partial charge in [0, 0.05) is 50.1 Å². The summed E-state index contributed by atoms with van der Waals surface area (Å²) < 4.78 is 2.12. The lowest BCUT2D eigenvalue weighted by atomic mass is 9.95. The number of aryl methyl sites for hydroxylation is 1. The normalized spacial score (nSPS) is 17.1. The minimum absolute atomic E-state index is 0.00702. The van der Waals surface area contributed by atoms with Gasteiger partial charge in [0.25, 0.3) is 5.56 Å². The zero-order valence-electron chi connectivity index (χ0n) is 20.9. The second-order valence-corrected chi connectivity index (χ2v) is 10.7. The predicted molar refractivity (Wildman–Crippen MR) is 136 cm³/mol. The summed E-state index contributed by atoms with van der Waals surface area (Å²) in [5.41, 5.74) is 5.03. The van der Waals surface area contributed by atoms with Crippen LogP contribution < -0.4 is 10.5 Å². The van der Waals surface area contributed by atoms with Gasteiger partial charge in [0.15, 0.2) is 0 Å². The van der Waals surface area contributed by atoms with Gasteiger partial charge in [0.1, 0.15) is 11.6 Å². The van der Waals surface area contributed by atoms with Gasteiger partial charge in [-0.25, -0.2) is 9.67 Å². The van der Waals surface area contributed by atoms with Crippen LogP contribution in [0.5, 0.6) is 0 Å². The minimum atomic E-state index is -0.169. The molecule has 0 bridgehead atoms. The lowest BCUT2D eigenvalue weighted by Gasteiger charge is -2.32. The van der Waals surface area contributed by atoms with E-state index in [1.165, 1.54) is 30.6 Å². The van der Waals surface area contributed by atoms with Crippen LogP contribution in [-0.2, 0) is 24.9 Å². The van der Waals surface area contributed by atoms with Crippen molar-refractivity contribution in [1.29, 1.82) is 0 Å². The van der Waals surface area contributed by atoms with Gasteiger partial charge in [0.05, 0.1) is 22.6 Å². The Balaban J connectivity index is 1.47. The van der Waals surface area contributed by atoms with Gasteiger partial charge in [-0.2, -0.15) is 5.10 Å². The molecule has 7 heteroatoms. The van der Waals surface area contributed by atoms with E-state index in [1.807, 2.05) is 6.07 Å². The van der Waals surface area contributed by atoms with Crippen LogP contribution in [0.3, 0.4) is 0 Å². The van der Waals surface area contributed by atoms with Crippen molar-refractivity contribution < 1.29 is 0 Å². The standard InChI is InChI=1S/C27H36N6O/c1-19-21(17-31-16-13-23-22(18-31)24(34)29-26(28-23)27(2,3)4)25(32-14-9-6-10-15-32)33(30-19)20-11-7-5-8-12-20/h5,7-8,11-12H,6,9-10,13-18H2,1-4H3,(H,28,29,34). The highest BCUT2D eigenvalue weighted by Gasteiger charge is 2.28. The average Bonchev–Trinajstić information content (AvgIpc) is 3.15. The number of anilines is 1. The summed E-state index contributed by atoms with van der Waals surface area (Å²) in [4.78, 5) is 25.7. The average molecular weight is 461 g/mol. The van der Waals surface area contributed by atoms with Crippen LogP contribution in [0.2, 0.25) is 0 Å². The smallest absolute Gasteiger partial charge is 0.255 e. The summed E-state index contributed by atoms with van der Waals surface area (Å²) in [5.74, 6) is 1.99. The Morgan fingerprint density at radius 3 is 2.47 bits per heavy atom. The molecule has 2 aliphatic rings. The molecule has 0 unspecified atom stereocenters. The molecule has 1 saturated heterocycles. The number of aromatic nitrogens is 4. The van der Waals surface area contributed by atoms with Crippen molar-refractivity contribution >= 4 is 5.82 Å². The monoisotopic (exact) mass is 460 g/mol. The van der Waals surface area contributed by atoms with Gasteiger partial charge in [-0.1, -0.05) is 39.0 Å². The number of benzene rings is 1. The first kappa shape index (κ1) is 22.8. The van der Waals surface area contributed by atoms with Gasteiger partial charge in [-0.3, -0.25) is 9.69 Å². The number of para-hydroxylation sites is 1. The third-order valence-electron chi connectivity index (χ3n) is 7.05. The van der Waals surface area contributed by atoms with E-state index in [0.29, 0.717) is 6.54 Å². The van der Waals surface area contributed by atoms with Crippen molar-refractivity contribution in [2.45, 2.75) is 71.9 Å². The molecule has 0 radical (unpaired) electrons. The Bertz CT molecular complexity index is 1210. The van der Waals surface area contributed by atoms with E-state index < -0.39 is 0 Å². The Hall–Kier alpha value is -2.93. The molecule has 3 aromatic rings. The van der Waals surface area contributed by atoms with Gasteiger partial charge in [0.2, 0.25) is 0 Å². The van der Waals surface area contributed by atoms with Gasteiger partial charge < -0.3 is 9.88 Å². The molecule has 0 amide bonds. The van der Waals surface area contributed by atoms with E-state index in [9.17, 15) is 4.79 Å². The molecular weight excluding hydrogens is 424 g/mol. The van der Waals surface area contributed by atoms with Gasteiger partial charge in [-0.15, -0.1) is 0 Å². The Morgan fingerprint density at radius 1 is 1.03 bits per heavy atom. The van der Waals surface area contributed by atoms with Crippen LogP contribution in [0.4, 0.5) is 5.82 Å². The van der Waals surface area contributed by atoms with E-state index in [2.05, 4.69) is 71.4 Å². The zero-order valence-corrected chi connectivity index (χ0v) is 20.9. The minimum Gasteiger partial charge on any atom is -0.356 e. The number of rotatable bonds is 4. The predicted octanol–water partition coefficient (Wildman–Crippen LogP) is 4.11. The topological polar surface area (TPSA) is 70.1 Å². The lowest BCUT2D eigenvalue weighted by Crippen LogP contribution is -2.38. The maximum absolute atomic E-state index is 13.0. The molecule has 180 valence electrons. The molecular formula is C27H36N6O. The highest BCUT2D eigenvalue weighted by Crippen LogP contribution is 2.32. The van der Waals surface area contributed by atoms with Crippen molar-refractivity contribution in [2.24, 2.45) is 0 Å². The molecule has 5 rings (SSSR count). The molecule has 1 aromatic carbocycles. The highest BCUT2D eigenvalue weighted by atomic mass is 16.1. The number of hydrogen-bond acceptors (Lipinski definition) is 5. The fraction of sp³-hybridized carbons (Fsp3) is 0.519. The summed E-state index contributed by atoms with van der Waals surface area (Å²) in [6.45, 7) is 12.8. The van der Waals surface area contributed by atoms with E-state index in [1.54, 1.807) is 0 Å². The van der Waals surface area contributed by atoms with Crippen molar-refractivity contribution in [3.8, 4) is 5.69 Å². The second-order valence-electron chi connectivity index (χ2n) is 10.7. The van der Waals surface area contributed by atoms with Crippen molar-refractivity contribution in [1.82, 2.24) is 24.6 Å². The van der Waals surface area contributed by atoms with Crippen LogP contribution in [-0.4, -0.2) is 44.3 Å². The van der Waals surface area contributed by atoms with Crippen LogP contribution in [0.1, 0.15) is 68.4 Å². The third kappa shape index (κ3) is 4.41. The second kappa shape index (κ2) is 9.02. The largest absolute Gasteiger partial charge is 0.356 e. The Kier molecular flexibility index (Phi) is 6.06. The van der Waals surface area contributed by atoms with E-state index in [-0.39, 0.29) is 11.0 Å². The molecule has 34 heavy (non-hydrogen) atoms. The van der Waals surface area contributed by atoms with Gasteiger partial charge in [-0.05, 0) is 38.3 Å². The summed E-state index contributed by atoms with van der Waals surface area (Å²) in [6, 6.07) is 10.4. The molecule has 4 heterocycles. The summed E-state index contributed by atoms with van der Waals surface area (Å²) in [6.07, 6.45) is 4.52. The van der Waals surface area contributed by atoms with E-state index >= 15 is 0 Å². The van der Waals surface area contributed by atoms with Crippen molar-refractivity contribution in [3.05, 3.63) is 69.0 Å². The first-order valence-corrected chi connectivity index (χ1v) is 12.5. The van der Waals surface area contributed by atoms with Crippen molar-refractivity contribution in [3.63, 3.8) is 0 Å². The number of nitrogens with zero attached hydrogens (tertiary/aromatic N) is 5. The van der Waals surface area contributed by atoms with Crippen LogP contribution in [0, 0.1) is 6.92 Å². The maximum atomic E-state index is 13.0. The first-order valence-electron chi connectivity index (χ1n) is 12.5. The summed E-state index contributed by atoms with van der Waals surface area (Å²) in [7, 11) is 0. The molecule has 2 aliphatic heterocycles. The SMILES string of the molecule is Cc1nn(-c2ccccc2)c(N2CCCCC2)c1CN1CCc2nc(C(C)(C)C)[nH]c(=O)c2C1. The molecule has 0 saturated carbocycles. The van der Waals surface area contributed by atoms with Crippen LogP contribution in [0.15, 0.2) is 35.1 Å². The van der Waals surface area contributed by atoms with Crippen LogP contribution in [0.25, 0.3) is 5.69 Å². The fourth-order valence-electron chi connectivity index (χ4n) is 5.11. The molecule has 1 N–H and O–H groups in total. The molecule has 0 atom stereocenters. The van der Waals surface area contributed by atoms with E-state index in [4.69, 9.17) is 10.1 Å². The molecule has 0 spiro atoms.